The minimum Gasteiger partial charge on any atom is -0.490 e. The van der Waals surface area contributed by atoms with Crippen molar-refractivity contribution in [2.24, 2.45) is 0 Å². The lowest BCUT2D eigenvalue weighted by Crippen LogP contribution is -2.46. The van der Waals surface area contributed by atoms with Gasteiger partial charge in [0.05, 0.1) is 5.69 Å². The van der Waals surface area contributed by atoms with Crippen molar-refractivity contribution in [3.63, 3.8) is 0 Å². The number of nitrogens with two attached hydrogens (primary N) is 1. The number of ether oxygens (including phenoxy) is 1. The van der Waals surface area contributed by atoms with Crippen molar-refractivity contribution < 1.29 is 4.74 Å². The summed E-state index contributed by atoms with van der Waals surface area (Å²) in [6.45, 7) is 6.69. The molecule has 5 nitrogen and oxygen atoms in total. The predicted molar refractivity (Wildman–Crippen MR) is 109 cm³/mol. The van der Waals surface area contributed by atoms with E-state index in [-0.39, 0.29) is 0 Å². The number of anilines is 2. The Morgan fingerprint density at radius 3 is 2.50 bits per heavy atom. The first-order valence-electron chi connectivity index (χ1n) is 9.30. The van der Waals surface area contributed by atoms with Crippen molar-refractivity contribution in [2.75, 3.05) is 64.1 Å². The highest BCUT2D eigenvalue weighted by atomic mass is 16.5. The number of para-hydroxylation sites is 2. The average Bonchev–Trinajstić information content (AvgIpc) is 2.63. The van der Waals surface area contributed by atoms with Gasteiger partial charge < -0.3 is 20.3 Å². The molecule has 0 saturated carbocycles. The molecule has 0 aliphatic carbocycles. The van der Waals surface area contributed by atoms with Gasteiger partial charge in [-0.25, -0.2) is 0 Å². The summed E-state index contributed by atoms with van der Waals surface area (Å²) in [7, 11) is 4.13. The molecule has 1 heterocycles. The summed E-state index contributed by atoms with van der Waals surface area (Å²) in [5, 5.41) is 0. The Labute approximate surface area is 157 Å². The minimum atomic E-state index is 0.708. The van der Waals surface area contributed by atoms with Crippen LogP contribution in [0.4, 0.5) is 11.4 Å². The second kappa shape index (κ2) is 8.92. The van der Waals surface area contributed by atoms with Crippen molar-refractivity contribution in [1.29, 1.82) is 0 Å². The van der Waals surface area contributed by atoms with Crippen LogP contribution in [0, 0.1) is 0 Å². The third kappa shape index (κ3) is 5.13. The minimum absolute atomic E-state index is 0.708. The van der Waals surface area contributed by atoms with E-state index in [9.17, 15) is 0 Å². The summed E-state index contributed by atoms with van der Waals surface area (Å²) < 4.78 is 6.03. The van der Waals surface area contributed by atoms with Gasteiger partial charge in [-0.05, 0) is 43.9 Å². The number of hydrogen-bond acceptors (Lipinski definition) is 5. The first kappa shape index (κ1) is 18.5. The zero-order valence-corrected chi connectivity index (χ0v) is 15.9. The fraction of sp³-hybridized carbons (Fsp3) is 0.429. The maximum atomic E-state index is 6.03. The summed E-state index contributed by atoms with van der Waals surface area (Å²) in [5.41, 5.74) is 9.22. The van der Waals surface area contributed by atoms with Crippen LogP contribution in [0.5, 0.6) is 5.75 Å². The molecule has 0 radical (unpaired) electrons. The van der Waals surface area contributed by atoms with Gasteiger partial charge in [-0.1, -0.05) is 24.3 Å². The summed E-state index contributed by atoms with van der Waals surface area (Å²) >= 11 is 0. The van der Waals surface area contributed by atoms with Crippen molar-refractivity contribution in [1.82, 2.24) is 9.80 Å². The number of nitrogen functional groups attached to an aromatic ring is 1. The molecule has 2 N–H and O–H groups in total. The Morgan fingerprint density at radius 2 is 1.77 bits per heavy atom. The number of likely N-dealkylation sites (N-methyl/N-ethyl adjacent to an activating group) is 1. The summed E-state index contributed by atoms with van der Waals surface area (Å²) in [6, 6.07) is 16.6. The van der Waals surface area contributed by atoms with Gasteiger partial charge in [-0.3, -0.25) is 4.90 Å². The lowest BCUT2D eigenvalue weighted by Gasteiger charge is -2.36. The second-order valence-corrected chi connectivity index (χ2v) is 7.13. The van der Waals surface area contributed by atoms with E-state index in [1.807, 2.05) is 18.2 Å². The van der Waals surface area contributed by atoms with Gasteiger partial charge in [-0.2, -0.15) is 0 Å². The van der Waals surface area contributed by atoms with Crippen LogP contribution in [0.1, 0.15) is 5.56 Å². The Morgan fingerprint density at radius 1 is 1.00 bits per heavy atom. The van der Waals surface area contributed by atoms with E-state index in [1.54, 1.807) is 0 Å². The number of benzene rings is 2. The van der Waals surface area contributed by atoms with Crippen molar-refractivity contribution in [2.45, 2.75) is 6.54 Å². The van der Waals surface area contributed by atoms with E-state index < -0.39 is 0 Å². The number of rotatable bonds is 7. The predicted octanol–water partition coefficient (Wildman–Crippen LogP) is 2.53. The molecule has 5 heteroatoms. The lowest BCUT2D eigenvalue weighted by atomic mass is 10.1. The van der Waals surface area contributed by atoms with Crippen LogP contribution in [-0.2, 0) is 6.54 Å². The zero-order valence-electron chi connectivity index (χ0n) is 15.9. The maximum absolute atomic E-state index is 6.03. The van der Waals surface area contributed by atoms with Crippen LogP contribution in [0.3, 0.4) is 0 Å². The standard InChI is InChI=1S/C21H30N4O/c1-23(2)14-15-26-21-9-4-3-8-20(21)25-12-10-24(11-13-25)17-18-6-5-7-19(22)16-18/h3-9,16H,10-15,17,22H2,1-2H3. The summed E-state index contributed by atoms with van der Waals surface area (Å²) in [4.78, 5) is 7.05. The highest BCUT2D eigenvalue weighted by molar-refractivity contribution is 5.58. The monoisotopic (exact) mass is 354 g/mol. The van der Waals surface area contributed by atoms with Gasteiger partial charge in [0.2, 0.25) is 0 Å². The van der Waals surface area contributed by atoms with Crippen LogP contribution in [0.15, 0.2) is 48.5 Å². The third-order valence-electron chi connectivity index (χ3n) is 4.73. The van der Waals surface area contributed by atoms with Crippen LogP contribution in [0.2, 0.25) is 0 Å². The molecule has 0 amide bonds. The molecule has 0 aromatic heterocycles. The molecule has 2 aromatic rings. The smallest absolute Gasteiger partial charge is 0.142 e. The highest BCUT2D eigenvalue weighted by Gasteiger charge is 2.19. The molecule has 140 valence electrons. The second-order valence-electron chi connectivity index (χ2n) is 7.13. The normalized spacial score (nSPS) is 15.4. The van der Waals surface area contributed by atoms with Gasteiger partial charge in [-0.15, -0.1) is 0 Å². The Balaban J connectivity index is 1.56. The molecule has 0 spiro atoms. The van der Waals surface area contributed by atoms with Gasteiger partial charge >= 0.3 is 0 Å². The molecule has 1 saturated heterocycles. The maximum Gasteiger partial charge on any atom is 0.142 e. The summed E-state index contributed by atoms with van der Waals surface area (Å²) in [6.07, 6.45) is 0. The first-order valence-corrected chi connectivity index (χ1v) is 9.30. The van der Waals surface area contributed by atoms with E-state index in [1.165, 1.54) is 11.3 Å². The number of nitrogens with zero attached hydrogens (tertiary/aromatic N) is 3. The Bertz CT molecular complexity index is 696. The molecular formula is C21H30N4O. The molecule has 1 aliphatic heterocycles. The number of piperazine rings is 1. The molecule has 0 atom stereocenters. The fourth-order valence-electron chi connectivity index (χ4n) is 3.28. The zero-order chi connectivity index (χ0) is 18.4. The van der Waals surface area contributed by atoms with Crippen LogP contribution in [0.25, 0.3) is 0 Å². The number of hydrogen-bond donors (Lipinski definition) is 1. The van der Waals surface area contributed by atoms with Gasteiger partial charge in [0.15, 0.2) is 0 Å². The fourth-order valence-corrected chi connectivity index (χ4v) is 3.28. The highest BCUT2D eigenvalue weighted by Crippen LogP contribution is 2.29. The Hall–Kier alpha value is -2.24. The average molecular weight is 354 g/mol. The van der Waals surface area contributed by atoms with Crippen LogP contribution in [-0.4, -0.2) is 63.2 Å². The van der Waals surface area contributed by atoms with E-state index in [0.29, 0.717) is 6.61 Å². The van der Waals surface area contributed by atoms with Crippen LogP contribution >= 0.6 is 0 Å². The molecular weight excluding hydrogens is 324 g/mol. The molecule has 26 heavy (non-hydrogen) atoms. The lowest BCUT2D eigenvalue weighted by molar-refractivity contribution is 0.245. The Kier molecular flexibility index (Phi) is 6.36. The van der Waals surface area contributed by atoms with Crippen molar-refractivity contribution >= 4 is 11.4 Å². The molecule has 0 unspecified atom stereocenters. The van der Waals surface area contributed by atoms with Gasteiger partial charge in [0.1, 0.15) is 12.4 Å². The van der Waals surface area contributed by atoms with Crippen molar-refractivity contribution in [3.05, 3.63) is 54.1 Å². The van der Waals surface area contributed by atoms with Gasteiger partial charge in [0.25, 0.3) is 0 Å². The quantitative estimate of drug-likeness (QED) is 0.774. The van der Waals surface area contributed by atoms with E-state index >= 15 is 0 Å². The van der Waals surface area contributed by atoms with Gasteiger partial charge in [0, 0.05) is 45.0 Å². The summed E-state index contributed by atoms with van der Waals surface area (Å²) in [5.74, 6) is 0.985. The van der Waals surface area contributed by atoms with Crippen LogP contribution < -0.4 is 15.4 Å². The molecule has 1 aliphatic rings. The van der Waals surface area contributed by atoms with E-state index in [2.05, 4.69) is 59.1 Å². The molecule has 3 rings (SSSR count). The van der Waals surface area contributed by atoms with E-state index in [4.69, 9.17) is 10.5 Å². The SMILES string of the molecule is CN(C)CCOc1ccccc1N1CCN(Cc2cccc(N)c2)CC1. The largest absolute Gasteiger partial charge is 0.490 e. The van der Waals surface area contributed by atoms with Crippen molar-refractivity contribution in [3.8, 4) is 5.75 Å². The first-order chi connectivity index (χ1) is 12.6. The molecule has 2 aromatic carbocycles. The third-order valence-corrected chi connectivity index (χ3v) is 4.73. The molecule has 1 fully saturated rings. The molecule has 0 bridgehead atoms. The van der Waals surface area contributed by atoms with E-state index in [0.717, 1.165) is 50.7 Å². The topological polar surface area (TPSA) is 45.0 Å².